The van der Waals surface area contributed by atoms with E-state index in [0.29, 0.717) is 6.42 Å². The Hall–Kier alpha value is -1.13. The highest BCUT2D eigenvalue weighted by Gasteiger charge is 2.42. The summed E-state index contributed by atoms with van der Waals surface area (Å²) < 4.78 is 21.2. The van der Waals surface area contributed by atoms with Crippen LogP contribution in [0.25, 0.3) is 0 Å². The molecule has 25 heavy (non-hydrogen) atoms. The lowest BCUT2D eigenvalue weighted by Gasteiger charge is -2.25. The molecule has 1 heterocycles. The second-order valence-electron chi connectivity index (χ2n) is 5.62. The zero-order valence-corrected chi connectivity index (χ0v) is 15.8. The lowest BCUT2D eigenvalue weighted by molar-refractivity contribution is -0.719. The molecule has 0 saturated carbocycles. The first-order chi connectivity index (χ1) is 11.5. The second-order valence-corrected chi connectivity index (χ2v) is 10.2. The number of nitro benzene ring substituents is 1. The van der Waals surface area contributed by atoms with Gasteiger partial charge in [0, 0.05) is 12.5 Å². The molecular formula is C13H15Cl3N3O5S+. The molecule has 0 radical (unpaired) electrons. The first kappa shape index (κ1) is 20.2. The maximum absolute atomic E-state index is 12.4. The molecule has 1 aliphatic rings. The molecule has 0 spiro atoms. The third kappa shape index (κ3) is 5.42. The van der Waals surface area contributed by atoms with E-state index in [2.05, 4.69) is 5.32 Å². The van der Waals surface area contributed by atoms with Crippen LogP contribution in [0.2, 0.25) is 0 Å². The van der Waals surface area contributed by atoms with Crippen LogP contribution in [0.4, 0.5) is 5.69 Å². The molecule has 1 fully saturated rings. The number of rotatable bonds is 5. The maximum atomic E-state index is 12.4. The van der Waals surface area contributed by atoms with Crippen LogP contribution >= 0.6 is 34.8 Å². The predicted molar refractivity (Wildman–Crippen MR) is 93.6 cm³/mol. The summed E-state index contributed by atoms with van der Waals surface area (Å²) in [6, 6.07) is 4.99. The molecule has 0 aliphatic carbocycles. The number of amides is 1. The Morgan fingerprint density at radius 2 is 2.00 bits per heavy atom. The lowest BCUT2D eigenvalue weighted by Crippen LogP contribution is -3.00. The molecule has 0 bridgehead atoms. The molecule has 8 nitrogen and oxygen atoms in total. The molecule has 0 unspecified atom stereocenters. The average Bonchev–Trinajstić information content (AvgIpc) is 2.84. The predicted octanol–water partition coefficient (Wildman–Crippen LogP) is 0.771. The molecule has 1 aromatic carbocycles. The zero-order valence-electron chi connectivity index (χ0n) is 12.7. The standard InChI is InChI=1S/C13H14Cl3N3O5S/c14-13(15,16)12(17-8-5-6-25(23,24)7-8)18-11(20)9-3-1-2-4-10(9)19(21)22/h1-4,8,12,17H,5-7H2,(H,18,20)/p+1/t8-,12+/m0/s1. The van der Waals surface area contributed by atoms with Crippen LogP contribution in [0.1, 0.15) is 16.8 Å². The van der Waals surface area contributed by atoms with E-state index < -0.39 is 30.6 Å². The minimum Gasteiger partial charge on any atom is -0.320 e. The van der Waals surface area contributed by atoms with Gasteiger partial charge in [-0.15, -0.1) is 0 Å². The molecule has 2 rings (SSSR count). The molecule has 1 aromatic rings. The number of halogens is 3. The van der Waals surface area contributed by atoms with Crippen molar-refractivity contribution in [2.75, 3.05) is 11.5 Å². The van der Waals surface area contributed by atoms with Crippen molar-refractivity contribution in [3.8, 4) is 0 Å². The van der Waals surface area contributed by atoms with Gasteiger partial charge < -0.3 is 5.32 Å². The van der Waals surface area contributed by atoms with Gasteiger partial charge in [0.25, 0.3) is 15.4 Å². The SMILES string of the molecule is O=C(N[C@@H]([NH2+][C@H]1CCS(=O)(=O)C1)C(Cl)(Cl)Cl)c1ccccc1[N+](=O)[O-]. The summed E-state index contributed by atoms with van der Waals surface area (Å²) in [5.74, 6) is -0.856. The van der Waals surface area contributed by atoms with E-state index in [9.17, 15) is 23.3 Å². The van der Waals surface area contributed by atoms with Gasteiger partial charge in [0.15, 0.2) is 9.84 Å². The number of carbonyl (C=O) groups excluding carboxylic acids is 1. The van der Waals surface area contributed by atoms with E-state index in [1.54, 1.807) is 0 Å². The number of carbonyl (C=O) groups is 1. The molecule has 1 aliphatic heterocycles. The molecular weight excluding hydrogens is 417 g/mol. The maximum Gasteiger partial charge on any atom is 0.282 e. The average molecular weight is 432 g/mol. The molecule has 1 amide bonds. The highest BCUT2D eigenvalue weighted by Crippen LogP contribution is 2.28. The number of nitro groups is 1. The summed E-state index contributed by atoms with van der Waals surface area (Å²) in [6.45, 7) is 0. The van der Waals surface area contributed by atoms with Crippen molar-refractivity contribution in [1.82, 2.24) is 5.32 Å². The number of benzene rings is 1. The minimum atomic E-state index is -3.15. The summed E-state index contributed by atoms with van der Waals surface area (Å²) in [5.41, 5.74) is -0.564. The van der Waals surface area contributed by atoms with Gasteiger partial charge in [-0.25, -0.2) is 8.42 Å². The van der Waals surface area contributed by atoms with E-state index in [-0.39, 0.29) is 28.8 Å². The summed E-state index contributed by atoms with van der Waals surface area (Å²) in [4.78, 5) is 22.7. The van der Waals surface area contributed by atoms with Gasteiger partial charge >= 0.3 is 0 Å². The molecule has 2 atom stereocenters. The molecule has 0 aromatic heterocycles. The van der Waals surface area contributed by atoms with Crippen LogP contribution in [0.3, 0.4) is 0 Å². The molecule has 1 saturated heterocycles. The Bertz CT molecular complexity index is 781. The van der Waals surface area contributed by atoms with Crippen LogP contribution in [-0.4, -0.2) is 46.8 Å². The topological polar surface area (TPSA) is 123 Å². The van der Waals surface area contributed by atoms with Crippen LogP contribution < -0.4 is 10.6 Å². The number of hydrogen-bond acceptors (Lipinski definition) is 5. The lowest BCUT2D eigenvalue weighted by atomic mass is 10.1. The third-order valence-corrected chi connectivity index (χ3v) is 6.22. The second kappa shape index (κ2) is 7.63. The quantitative estimate of drug-likeness (QED) is 0.308. The van der Waals surface area contributed by atoms with Gasteiger partial charge in [0.2, 0.25) is 6.17 Å². The molecule has 3 N–H and O–H groups in total. The van der Waals surface area contributed by atoms with E-state index in [1.807, 2.05) is 0 Å². The van der Waals surface area contributed by atoms with Gasteiger partial charge in [-0.3, -0.25) is 20.2 Å². The van der Waals surface area contributed by atoms with Gasteiger partial charge in [0.05, 0.1) is 10.7 Å². The Labute approximate surface area is 158 Å². The number of alkyl halides is 3. The number of nitrogens with zero attached hydrogens (tertiary/aromatic N) is 1. The van der Waals surface area contributed by atoms with E-state index in [4.69, 9.17) is 34.8 Å². The Morgan fingerprint density at radius 1 is 1.36 bits per heavy atom. The van der Waals surface area contributed by atoms with Crippen molar-refractivity contribution < 1.29 is 23.5 Å². The van der Waals surface area contributed by atoms with Gasteiger partial charge in [-0.2, -0.15) is 0 Å². The number of quaternary nitrogens is 1. The van der Waals surface area contributed by atoms with Crippen molar-refractivity contribution in [3.63, 3.8) is 0 Å². The van der Waals surface area contributed by atoms with Crippen molar-refractivity contribution in [3.05, 3.63) is 39.9 Å². The van der Waals surface area contributed by atoms with Crippen molar-refractivity contribution in [2.45, 2.75) is 22.4 Å². The number of nitrogens with two attached hydrogens (primary N) is 1. The fourth-order valence-corrected chi connectivity index (χ4v) is 4.67. The van der Waals surface area contributed by atoms with Crippen LogP contribution in [0.15, 0.2) is 24.3 Å². The first-order valence-corrected chi connectivity index (χ1v) is 10.1. The largest absolute Gasteiger partial charge is 0.320 e. The number of sulfone groups is 1. The van der Waals surface area contributed by atoms with Crippen LogP contribution in [-0.2, 0) is 9.84 Å². The summed E-state index contributed by atoms with van der Waals surface area (Å²) in [6.07, 6.45) is -0.746. The van der Waals surface area contributed by atoms with E-state index in [1.165, 1.54) is 29.6 Å². The number of hydrogen-bond donors (Lipinski definition) is 2. The van der Waals surface area contributed by atoms with Gasteiger partial charge in [-0.1, -0.05) is 46.9 Å². The monoisotopic (exact) mass is 430 g/mol. The summed E-state index contributed by atoms with van der Waals surface area (Å²) in [5, 5.41) is 14.9. The van der Waals surface area contributed by atoms with Crippen LogP contribution in [0.5, 0.6) is 0 Å². The summed E-state index contributed by atoms with van der Waals surface area (Å²) in [7, 11) is -3.15. The van der Waals surface area contributed by atoms with Gasteiger partial charge in [0.1, 0.15) is 17.4 Å². The van der Waals surface area contributed by atoms with Crippen molar-refractivity contribution >= 4 is 56.2 Å². The minimum absolute atomic E-state index is 0.0266. The Balaban J connectivity index is 2.18. The molecule has 138 valence electrons. The zero-order chi connectivity index (χ0) is 18.8. The molecule has 12 heteroatoms. The van der Waals surface area contributed by atoms with E-state index in [0.717, 1.165) is 0 Å². The van der Waals surface area contributed by atoms with Crippen molar-refractivity contribution in [1.29, 1.82) is 0 Å². The summed E-state index contributed by atoms with van der Waals surface area (Å²) >= 11 is 17.7. The van der Waals surface area contributed by atoms with Crippen molar-refractivity contribution in [2.24, 2.45) is 0 Å². The number of para-hydroxylation sites is 1. The Kier molecular flexibility index (Phi) is 6.16. The normalized spacial score (nSPS) is 20.8. The fourth-order valence-electron chi connectivity index (χ4n) is 2.53. The fraction of sp³-hybridized carbons (Fsp3) is 0.462. The third-order valence-electron chi connectivity index (χ3n) is 3.72. The number of nitrogens with one attached hydrogen (secondary N) is 1. The Morgan fingerprint density at radius 3 is 2.52 bits per heavy atom. The smallest absolute Gasteiger partial charge is 0.282 e. The van der Waals surface area contributed by atoms with Gasteiger partial charge in [-0.05, 0) is 6.07 Å². The first-order valence-electron chi connectivity index (χ1n) is 7.16. The van der Waals surface area contributed by atoms with E-state index >= 15 is 0 Å². The van der Waals surface area contributed by atoms with Crippen LogP contribution in [0, 0.1) is 10.1 Å². The highest BCUT2D eigenvalue weighted by atomic mass is 35.6. The highest BCUT2D eigenvalue weighted by molar-refractivity contribution is 7.91.